The fraction of sp³-hybridized carbons (Fsp3) is 0.222. The maximum Gasteiger partial charge on any atom is 0.269 e. The first-order valence-electron chi connectivity index (χ1n) is 7.66. The number of rotatable bonds is 7. The summed E-state index contributed by atoms with van der Waals surface area (Å²) in [6.07, 6.45) is -0.0506. The number of non-ortho nitro benzene ring substituents is 1. The van der Waals surface area contributed by atoms with Crippen LogP contribution in [-0.4, -0.2) is 16.8 Å². The number of carboxylic acids is 1. The van der Waals surface area contributed by atoms with E-state index in [0.717, 1.165) is 11.1 Å². The number of anilines is 1. The van der Waals surface area contributed by atoms with Gasteiger partial charge >= 0.3 is 0 Å². The van der Waals surface area contributed by atoms with Crippen molar-refractivity contribution in [1.82, 2.24) is 0 Å². The molecule has 0 aliphatic rings. The summed E-state index contributed by atoms with van der Waals surface area (Å²) in [5.74, 6) is -2.74. The summed E-state index contributed by atoms with van der Waals surface area (Å²) in [6.45, 7) is 1.90. The van der Waals surface area contributed by atoms with Crippen molar-refractivity contribution in [1.29, 1.82) is 0 Å². The highest BCUT2D eigenvalue weighted by atomic mass is 16.6. The second-order valence-electron chi connectivity index (χ2n) is 5.77. The van der Waals surface area contributed by atoms with Gasteiger partial charge in [-0.25, -0.2) is 0 Å². The van der Waals surface area contributed by atoms with E-state index in [4.69, 9.17) is 0 Å². The van der Waals surface area contributed by atoms with Crippen LogP contribution in [0.1, 0.15) is 17.5 Å². The summed E-state index contributed by atoms with van der Waals surface area (Å²) in [5, 5.41) is 24.5. The van der Waals surface area contributed by atoms with Gasteiger partial charge in [-0.15, -0.1) is 0 Å². The van der Waals surface area contributed by atoms with Gasteiger partial charge in [-0.05, 0) is 31.0 Å². The van der Waals surface area contributed by atoms with Crippen molar-refractivity contribution in [2.75, 3.05) is 5.32 Å². The number of amides is 1. The quantitative estimate of drug-likeness (QED) is 0.610. The van der Waals surface area contributed by atoms with E-state index < -0.39 is 22.7 Å². The normalized spacial score (nSPS) is 11.6. The first-order valence-corrected chi connectivity index (χ1v) is 7.66. The molecule has 0 bridgehead atoms. The number of carbonyl (C=O) groups excluding carboxylic acids is 2. The molecule has 0 unspecified atom stereocenters. The lowest BCUT2D eigenvalue weighted by Crippen LogP contribution is -2.35. The number of nitro groups is 1. The number of hydrogen-bond donors (Lipinski definition) is 1. The standard InChI is InChI=1S/C18H18N2O5/c1-12-3-2-4-13(9-12)10-14(18(22)23)11-17(21)19-15-5-7-16(8-6-15)20(24)25/h2-9,14H,10-11H2,1H3,(H,19,21)(H,22,23)/p-1/t14-/m1/s1. The highest BCUT2D eigenvalue weighted by molar-refractivity contribution is 5.93. The second kappa shape index (κ2) is 8.05. The number of hydrogen-bond acceptors (Lipinski definition) is 5. The van der Waals surface area contributed by atoms with E-state index in [1.54, 1.807) is 6.07 Å². The Morgan fingerprint density at radius 1 is 1.16 bits per heavy atom. The predicted molar refractivity (Wildman–Crippen MR) is 89.7 cm³/mol. The molecule has 1 amide bonds. The van der Waals surface area contributed by atoms with E-state index in [9.17, 15) is 24.8 Å². The van der Waals surface area contributed by atoms with Crippen LogP contribution in [-0.2, 0) is 16.0 Å². The molecule has 1 N–H and O–H groups in total. The number of carbonyl (C=O) groups is 2. The molecular weight excluding hydrogens is 324 g/mol. The van der Waals surface area contributed by atoms with Crippen molar-refractivity contribution in [2.24, 2.45) is 5.92 Å². The Morgan fingerprint density at radius 2 is 1.84 bits per heavy atom. The molecular formula is C18H17N2O5-. The Bertz CT molecular complexity index is 786. The topological polar surface area (TPSA) is 112 Å². The molecule has 2 aromatic rings. The molecule has 130 valence electrons. The number of aliphatic carboxylic acids is 1. The van der Waals surface area contributed by atoms with Gasteiger partial charge in [-0.2, -0.15) is 0 Å². The number of aryl methyl sites for hydroxylation is 1. The van der Waals surface area contributed by atoms with Gasteiger partial charge in [-0.3, -0.25) is 14.9 Å². The maximum absolute atomic E-state index is 12.1. The molecule has 25 heavy (non-hydrogen) atoms. The molecule has 2 rings (SSSR count). The van der Waals surface area contributed by atoms with Gasteiger partial charge in [0.2, 0.25) is 5.91 Å². The molecule has 7 heteroatoms. The largest absolute Gasteiger partial charge is 0.550 e. The van der Waals surface area contributed by atoms with Crippen LogP contribution >= 0.6 is 0 Å². The number of nitrogens with one attached hydrogen (secondary N) is 1. The third-order valence-corrected chi connectivity index (χ3v) is 3.69. The van der Waals surface area contributed by atoms with E-state index >= 15 is 0 Å². The zero-order valence-corrected chi connectivity index (χ0v) is 13.6. The minimum Gasteiger partial charge on any atom is -0.550 e. The van der Waals surface area contributed by atoms with Gasteiger partial charge in [0.1, 0.15) is 0 Å². The molecule has 0 fully saturated rings. The number of nitrogens with zero attached hydrogens (tertiary/aromatic N) is 1. The monoisotopic (exact) mass is 341 g/mol. The Balaban J connectivity index is 2.00. The number of nitro benzene ring substituents is 1. The van der Waals surface area contributed by atoms with Crippen molar-refractivity contribution >= 4 is 23.3 Å². The van der Waals surface area contributed by atoms with Gasteiger partial charge in [0.25, 0.3) is 5.69 Å². The molecule has 0 spiro atoms. The summed E-state index contributed by atoms with van der Waals surface area (Å²) in [6, 6.07) is 12.7. The predicted octanol–water partition coefficient (Wildman–Crippen LogP) is 1.84. The van der Waals surface area contributed by atoms with Crippen molar-refractivity contribution in [2.45, 2.75) is 19.8 Å². The summed E-state index contributed by atoms with van der Waals surface area (Å²) < 4.78 is 0. The van der Waals surface area contributed by atoms with E-state index in [1.807, 2.05) is 25.1 Å². The van der Waals surface area contributed by atoms with E-state index in [-0.39, 0.29) is 18.5 Å². The van der Waals surface area contributed by atoms with Gasteiger partial charge in [0.05, 0.1) is 4.92 Å². The summed E-state index contributed by atoms with van der Waals surface area (Å²) in [7, 11) is 0. The van der Waals surface area contributed by atoms with Gasteiger partial charge < -0.3 is 15.2 Å². The van der Waals surface area contributed by atoms with Crippen LogP contribution < -0.4 is 10.4 Å². The number of carboxylic acid groups (broad SMARTS) is 1. The third kappa shape index (κ3) is 5.42. The van der Waals surface area contributed by atoms with Crippen LogP contribution in [0.3, 0.4) is 0 Å². The molecule has 0 aromatic heterocycles. The smallest absolute Gasteiger partial charge is 0.269 e. The average Bonchev–Trinajstić information content (AvgIpc) is 2.54. The van der Waals surface area contributed by atoms with Gasteiger partial charge in [-0.1, -0.05) is 29.8 Å². The molecule has 0 saturated carbocycles. The Kier molecular flexibility index (Phi) is 5.84. The van der Waals surface area contributed by atoms with Crippen LogP contribution in [0.2, 0.25) is 0 Å². The fourth-order valence-electron chi connectivity index (χ4n) is 2.46. The molecule has 0 radical (unpaired) electrons. The lowest BCUT2D eigenvalue weighted by molar-refractivity contribution is -0.384. The summed E-state index contributed by atoms with van der Waals surface area (Å²) >= 11 is 0. The van der Waals surface area contributed by atoms with Crippen molar-refractivity contribution in [3.63, 3.8) is 0 Å². The number of benzene rings is 2. The van der Waals surface area contributed by atoms with Crippen LogP contribution in [0.5, 0.6) is 0 Å². The third-order valence-electron chi connectivity index (χ3n) is 3.69. The minimum absolute atomic E-state index is 0.0925. The van der Waals surface area contributed by atoms with Crippen LogP contribution in [0, 0.1) is 23.0 Å². The van der Waals surface area contributed by atoms with E-state index in [2.05, 4.69) is 5.32 Å². The van der Waals surface area contributed by atoms with Crippen LogP contribution in [0.25, 0.3) is 0 Å². The Labute approximate surface area is 144 Å². The van der Waals surface area contributed by atoms with Crippen LogP contribution in [0.15, 0.2) is 48.5 Å². The molecule has 1 atom stereocenters. The lowest BCUT2D eigenvalue weighted by Gasteiger charge is -2.18. The average molecular weight is 341 g/mol. The Morgan fingerprint density at radius 3 is 2.40 bits per heavy atom. The zero-order chi connectivity index (χ0) is 18.4. The van der Waals surface area contributed by atoms with Crippen molar-refractivity contribution < 1.29 is 19.6 Å². The van der Waals surface area contributed by atoms with Crippen LogP contribution in [0.4, 0.5) is 11.4 Å². The second-order valence-corrected chi connectivity index (χ2v) is 5.77. The summed E-state index contributed by atoms with van der Waals surface area (Å²) in [5.41, 5.74) is 2.09. The van der Waals surface area contributed by atoms with E-state index in [0.29, 0.717) is 5.69 Å². The molecule has 0 saturated heterocycles. The fourth-order valence-corrected chi connectivity index (χ4v) is 2.46. The molecule has 0 aliphatic heterocycles. The first kappa shape index (κ1) is 18.1. The van der Waals surface area contributed by atoms with Crippen molar-refractivity contribution in [3.05, 3.63) is 69.8 Å². The SMILES string of the molecule is Cc1cccc(C[C@H](CC(=O)Nc2ccc([N+](=O)[O-])cc2)C(=O)[O-])c1. The summed E-state index contributed by atoms with van der Waals surface area (Å²) in [4.78, 5) is 33.5. The van der Waals surface area contributed by atoms with Crippen molar-refractivity contribution in [3.8, 4) is 0 Å². The Hall–Kier alpha value is -3.22. The molecule has 2 aromatic carbocycles. The maximum atomic E-state index is 12.1. The molecule has 0 heterocycles. The molecule has 0 aliphatic carbocycles. The minimum atomic E-state index is -1.29. The first-order chi connectivity index (χ1) is 11.8. The van der Waals surface area contributed by atoms with Gasteiger partial charge in [0, 0.05) is 36.1 Å². The highest BCUT2D eigenvalue weighted by Crippen LogP contribution is 2.18. The zero-order valence-electron chi connectivity index (χ0n) is 13.6. The van der Waals surface area contributed by atoms with Gasteiger partial charge in [0.15, 0.2) is 0 Å². The highest BCUT2D eigenvalue weighted by Gasteiger charge is 2.16. The molecule has 7 nitrogen and oxygen atoms in total. The van der Waals surface area contributed by atoms with E-state index in [1.165, 1.54) is 24.3 Å². The lowest BCUT2D eigenvalue weighted by atomic mass is 9.95.